The molecule has 0 aliphatic rings. The van der Waals surface area contributed by atoms with Crippen molar-refractivity contribution in [2.75, 3.05) is 12.5 Å². The second kappa shape index (κ2) is 6.72. The molecule has 4 rings (SSSR count). The zero-order valence-electron chi connectivity index (χ0n) is 14.2. The smallest absolute Gasteiger partial charge is 0.269 e. The predicted molar refractivity (Wildman–Crippen MR) is 103 cm³/mol. The van der Waals surface area contributed by atoms with E-state index in [0.29, 0.717) is 11.3 Å². The quantitative estimate of drug-likeness (QED) is 0.431. The molecule has 0 bridgehead atoms. The monoisotopic (exact) mass is 343 g/mol. The summed E-state index contributed by atoms with van der Waals surface area (Å²) in [5.74, 6) is 0.484. The number of benzene rings is 3. The van der Waals surface area contributed by atoms with E-state index >= 15 is 0 Å². The maximum atomic E-state index is 12.5. The Bertz CT molecular complexity index is 1040. The molecule has 0 atom stereocenters. The van der Waals surface area contributed by atoms with Gasteiger partial charge < -0.3 is 4.74 Å². The first-order valence-electron chi connectivity index (χ1n) is 8.24. The topological polar surface area (TPSA) is 63.2 Å². The molecule has 2 N–H and O–H groups in total. The van der Waals surface area contributed by atoms with Gasteiger partial charge in [-0.3, -0.25) is 15.6 Å². The van der Waals surface area contributed by atoms with Gasteiger partial charge in [-0.2, -0.15) is 0 Å². The molecular formula is C21H17N3O2. The Morgan fingerprint density at radius 2 is 1.42 bits per heavy atom. The van der Waals surface area contributed by atoms with Crippen molar-refractivity contribution in [1.29, 1.82) is 0 Å². The van der Waals surface area contributed by atoms with Gasteiger partial charge in [-0.05, 0) is 36.4 Å². The number of pyridine rings is 1. The molecule has 0 radical (unpaired) electrons. The minimum absolute atomic E-state index is 0.224. The molecule has 0 aliphatic heterocycles. The van der Waals surface area contributed by atoms with Crippen LogP contribution in [0.5, 0.6) is 5.75 Å². The summed E-state index contributed by atoms with van der Waals surface area (Å²) >= 11 is 0. The molecule has 4 aromatic rings. The van der Waals surface area contributed by atoms with E-state index in [1.165, 1.54) is 0 Å². The average Bonchev–Trinajstić information content (AvgIpc) is 2.71. The van der Waals surface area contributed by atoms with Gasteiger partial charge in [0.25, 0.3) is 5.91 Å². The third-order valence-corrected chi connectivity index (χ3v) is 4.24. The summed E-state index contributed by atoms with van der Waals surface area (Å²) in [6.07, 6.45) is 0. The number of hydrazine groups is 1. The van der Waals surface area contributed by atoms with E-state index in [2.05, 4.69) is 15.8 Å². The molecule has 0 aliphatic carbocycles. The molecule has 1 aromatic heterocycles. The normalized spacial score (nSPS) is 10.7. The number of methoxy groups -OCH3 is 1. The number of nitrogens with zero attached hydrogens (tertiary/aromatic N) is 1. The van der Waals surface area contributed by atoms with Crippen LogP contribution in [0.3, 0.4) is 0 Å². The van der Waals surface area contributed by atoms with Gasteiger partial charge in [-0.15, -0.1) is 0 Å². The number of aromatic nitrogens is 1. The van der Waals surface area contributed by atoms with Crippen LogP contribution in [0.25, 0.3) is 21.8 Å². The lowest BCUT2D eigenvalue weighted by Crippen LogP contribution is -2.29. The second-order valence-corrected chi connectivity index (χ2v) is 5.83. The fourth-order valence-electron chi connectivity index (χ4n) is 2.91. The third kappa shape index (κ3) is 2.91. The number of carbonyl (C=O) groups is 1. The minimum Gasteiger partial charge on any atom is -0.497 e. The van der Waals surface area contributed by atoms with Crippen molar-refractivity contribution < 1.29 is 9.53 Å². The first-order chi connectivity index (χ1) is 12.8. The van der Waals surface area contributed by atoms with Crippen molar-refractivity contribution in [3.8, 4) is 5.75 Å². The molecular weight excluding hydrogens is 326 g/mol. The van der Waals surface area contributed by atoms with Crippen molar-refractivity contribution >= 4 is 33.4 Å². The number of hydrogen-bond donors (Lipinski definition) is 2. The zero-order valence-corrected chi connectivity index (χ0v) is 14.2. The number of anilines is 1. The summed E-state index contributed by atoms with van der Waals surface area (Å²) in [5, 5.41) is 1.89. The highest BCUT2D eigenvalue weighted by Crippen LogP contribution is 2.30. The maximum absolute atomic E-state index is 12.5. The van der Waals surface area contributed by atoms with Crippen LogP contribution in [0.2, 0.25) is 0 Å². The van der Waals surface area contributed by atoms with E-state index in [1.54, 1.807) is 31.4 Å². The largest absolute Gasteiger partial charge is 0.497 e. The fraction of sp³-hybridized carbons (Fsp3) is 0.0476. The van der Waals surface area contributed by atoms with Gasteiger partial charge in [0.1, 0.15) is 5.75 Å². The summed E-state index contributed by atoms with van der Waals surface area (Å²) in [6, 6.07) is 22.6. The number of carbonyl (C=O) groups excluding carboxylic acids is 1. The second-order valence-electron chi connectivity index (χ2n) is 5.83. The molecule has 0 spiro atoms. The standard InChI is InChI=1S/C21H17N3O2/c1-26-15-12-10-14(11-13-15)21(25)24-23-20-16-6-2-4-8-18(16)22-19-9-5-3-7-17(19)20/h2-13H,1H3,(H,22,23)(H,24,25). The van der Waals surface area contributed by atoms with Crippen LogP contribution in [0.15, 0.2) is 72.8 Å². The SMILES string of the molecule is COc1ccc(C(=O)NNc2c3ccccc3nc3ccccc23)cc1. The number of rotatable bonds is 4. The molecule has 0 saturated heterocycles. The summed E-state index contributed by atoms with van der Waals surface area (Å²) < 4.78 is 5.12. The van der Waals surface area contributed by atoms with Crippen LogP contribution in [0.4, 0.5) is 5.69 Å². The lowest BCUT2D eigenvalue weighted by Gasteiger charge is -2.14. The van der Waals surface area contributed by atoms with Crippen LogP contribution < -0.4 is 15.6 Å². The highest BCUT2D eigenvalue weighted by Gasteiger charge is 2.10. The molecule has 5 nitrogen and oxygen atoms in total. The van der Waals surface area contributed by atoms with E-state index < -0.39 is 0 Å². The minimum atomic E-state index is -0.224. The van der Waals surface area contributed by atoms with Crippen molar-refractivity contribution in [2.45, 2.75) is 0 Å². The van der Waals surface area contributed by atoms with Gasteiger partial charge in [-0.25, -0.2) is 4.98 Å². The highest BCUT2D eigenvalue weighted by atomic mass is 16.5. The zero-order chi connectivity index (χ0) is 17.9. The first kappa shape index (κ1) is 15.9. The third-order valence-electron chi connectivity index (χ3n) is 4.24. The molecule has 128 valence electrons. The molecule has 1 amide bonds. The summed E-state index contributed by atoms with van der Waals surface area (Å²) in [5.41, 5.74) is 8.97. The Balaban J connectivity index is 1.68. The Hall–Kier alpha value is -3.60. The lowest BCUT2D eigenvalue weighted by molar-refractivity contribution is 0.0963. The predicted octanol–water partition coefficient (Wildman–Crippen LogP) is 4.15. The van der Waals surface area contributed by atoms with Crippen LogP contribution >= 0.6 is 0 Å². The van der Waals surface area contributed by atoms with Gasteiger partial charge in [-0.1, -0.05) is 36.4 Å². The fourth-order valence-corrected chi connectivity index (χ4v) is 2.91. The van der Waals surface area contributed by atoms with Crippen molar-refractivity contribution in [2.24, 2.45) is 0 Å². The molecule has 0 unspecified atom stereocenters. The number of fused-ring (bicyclic) bond motifs is 2. The maximum Gasteiger partial charge on any atom is 0.269 e. The van der Waals surface area contributed by atoms with E-state index in [4.69, 9.17) is 4.74 Å². The number of amides is 1. The van der Waals surface area contributed by atoms with E-state index in [9.17, 15) is 4.79 Å². The lowest BCUT2D eigenvalue weighted by atomic mass is 10.1. The Kier molecular flexibility index (Phi) is 4.11. The molecule has 0 saturated carbocycles. The number of nitrogens with one attached hydrogen (secondary N) is 2. The van der Waals surface area contributed by atoms with Gasteiger partial charge in [0.05, 0.1) is 23.8 Å². The molecule has 26 heavy (non-hydrogen) atoms. The van der Waals surface area contributed by atoms with Gasteiger partial charge in [0.2, 0.25) is 0 Å². The highest BCUT2D eigenvalue weighted by molar-refractivity contribution is 6.08. The van der Waals surface area contributed by atoms with E-state index in [0.717, 1.165) is 27.5 Å². The molecule has 3 aromatic carbocycles. The summed E-state index contributed by atoms with van der Waals surface area (Å²) in [6.45, 7) is 0. The van der Waals surface area contributed by atoms with Crippen LogP contribution in [-0.2, 0) is 0 Å². The van der Waals surface area contributed by atoms with E-state index in [-0.39, 0.29) is 5.91 Å². The van der Waals surface area contributed by atoms with Crippen molar-refractivity contribution in [1.82, 2.24) is 10.4 Å². The Morgan fingerprint density at radius 3 is 2.00 bits per heavy atom. The summed E-state index contributed by atoms with van der Waals surface area (Å²) in [4.78, 5) is 17.1. The van der Waals surface area contributed by atoms with Gasteiger partial charge >= 0.3 is 0 Å². The first-order valence-corrected chi connectivity index (χ1v) is 8.24. The Labute approximate surface area is 150 Å². The van der Waals surface area contributed by atoms with E-state index in [1.807, 2.05) is 48.5 Å². The number of ether oxygens (including phenoxy) is 1. The van der Waals surface area contributed by atoms with Crippen LogP contribution in [-0.4, -0.2) is 18.0 Å². The molecule has 5 heteroatoms. The van der Waals surface area contributed by atoms with Crippen LogP contribution in [0.1, 0.15) is 10.4 Å². The average molecular weight is 343 g/mol. The molecule has 1 heterocycles. The van der Waals surface area contributed by atoms with Crippen LogP contribution in [0, 0.1) is 0 Å². The number of hydrogen-bond acceptors (Lipinski definition) is 4. The summed E-state index contributed by atoms with van der Waals surface area (Å²) in [7, 11) is 1.59. The van der Waals surface area contributed by atoms with Gasteiger partial charge in [0, 0.05) is 16.3 Å². The Morgan fingerprint density at radius 1 is 0.846 bits per heavy atom. The number of para-hydroxylation sites is 2. The molecule has 0 fully saturated rings. The van der Waals surface area contributed by atoms with Gasteiger partial charge in [0.15, 0.2) is 0 Å². The van der Waals surface area contributed by atoms with Crippen molar-refractivity contribution in [3.05, 3.63) is 78.4 Å². The van der Waals surface area contributed by atoms with Crippen molar-refractivity contribution in [3.63, 3.8) is 0 Å².